The summed E-state index contributed by atoms with van der Waals surface area (Å²) in [4.78, 5) is 12.0. The lowest BCUT2D eigenvalue weighted by Gasteiger charge is -2.07. The number of amides is 1. The Hall–Kier alpha value is -2.33. The highest BCUT2D eigenvalue weighted by Gasteiger charge is 2.05. The maximum Gasteiger partial charge on any atom is 0.228 e. The van der Waals surface area contributed by atoms with E-state index in [-0.39, 0.29) is 12.5 Å². The minimum atomic E-state index is -0.0887. The molecule has 0 saturated heterocycles. The average molecular weight is 285 g/mol. The van der Waals surface area contributed by atoms with Crippen LogP contribution in [0.4, 0.5) is 5.69 Å². The number of rotatable bonds is 6. The third-order valence-electron chi connectivity index (χ3n) is 2.99. The first-order chi connectivity index (χ1) is 10.2. The van der Waals surface area contributed by atoms with Crippen molar-refractivity contribution in [3.8, 4) is 5.75 Å². The molecule has 110 valence electrons. The Labute approximate surface area is 124 Å². The van der Waals surface area contributed by atoms with Crippen molar-refractivity contribution in [2.24, 2.45) is 0 Å². The Morgan fingerprint density at radius 3 is 2.57 bits per heavy atom. The van der Waals surface area contributed by atoms with Crippen LogP contribution in [0.25, 0.3) is 0 Å². The SMILES string of the molecule is CCOc1ccc(CC(=O)Nc2cccc(CO)c2)cc1. The van der Waals surface area contributed by atoms with Crippen LogP contribution in [-0.4, -0.2) is 17.6 Å². The van der Waals surface area contributed by atoms with E-state index in [2.05, 4.69) is 5.32 Å². The standard InChI is InChI=1S/C17H19NO3/c1-2-21-16-8-6-13(7-9-16)11-17(20)18-15-5-3-4-14(10-15)12-19/h3-10,19H,2,11-12H2,1H3,(H,18,20). The number of aliphatic hydroxyl groups excluding tert-OH is 1. The second-order valence-electron chi connectivity index (χ2n) is 4.66. The van der Waals surface area contributed by atoms with Crippen molar-refractivity contribution in [1.82, 2.24) is 0 Å². The predicted molar refractivity (Wildman–Crippen MR) is 82.3 cm³/mol. The molecule has 0 bridgehead atoms. The molecular formula is C17H19NO3. The lowest BCUT2D eigenvalue weighted by Crippen LogP contribution is -2.14. The molecule has 0 aliphatic carbocycles. The molecule has 0 saturated carbocycles. The first kappa shape index (κ1) is 15.1. The Bertz CT molecular complexity index is 593. The fourth-order valence-corrected chi connectivity index (χ4v) is 2.01. The smallest absolute Gasteiger partial charge is 0.228 e. The maximum absolute atomic E-state index is 12.0. The molecule has 4 nitrogen and oxygen atoms in total. The summed E-state index contributed by atoms with van der Waals surface area (Å²) in [5.74, 6) is 0.714. The molecule has 0 aromatic heterocycles. The number of carbonyl (C=O) groups excluding carboxylic acids is 1. The zero-order chi connectivity index (χ0) is 15.1. The highest BCUT2D eigenvalue weighted by atomic mass is 16.5. The third-order valence-corrected chi connectivity index (χ3v) is 2.99. The Balaban J connectivity index is 1.94. The van der Waals surface area contributed by atoms with Crippen LogP contribution >= 0.6 is 0 Å². The minimum Gasteiger partial charge on any atom is -0.494 e. The molecule has 0 aliphatic heterocycles. The van der Waals surface area contributed by atoms with Gasteiger partial charge in [0.05, 0.1) is 19.6 Å². The van der Waals surface area contributed by atoms with Crippen LogP contribution in [0, 0.1) is 0 Å². The van der Waals surface area contributed by atoms with Crippen molar-refractivity contribution in [2.75, 3.05) is 11.9 Å². The molecule has 21 heavy (non-hydrogen) atoms. The number of ether oxygens (including phenoxy) is 1. The average Bonchev–Trinajstić information content (AvgIpc) is 2.49. The lowest BCUT2D eigenvalue weighted by molar-refractivity contribution is -0.115. The number of carbonyl (C=O) groups is 1. The zero-order valence-electron chi connectivity index (χ0n) is 12.0. The van der Waals surface area contributed by atoms with Crippen molar-refractivity contribution in [3.63, 3.8) is 0 Å². The molecule has 0 atom stereocenters. The summed E-state index contributed by atoms with van der Waals surface area (Å²) in [5.41, 5.74) is 2.39. The Kier molecular flexibility index (Phi) is 5.35. The molecule has 0 fully saturated rings. The first-order valence-electron chi connectivity index (χ1n) is 6.92. The van der Waals surface area contributed by atoms with Crippen LogP contribution < -0.4 is 10.1 Å². The van der Waals surface area contributed by atoms with Gasteiger partial charge in [-0.2, -0.15) is 0 Å². The normalized spacial score (nSPS) is 10.2. The van der Waals surface area contributed by atoms with Gasteiger partial charge in [-0.15, -0.1) is 0 Å². The van der Waals surface area contributed by atoms with E-state index in [0.717, 1.165) is 16.9 Å². The monoisotopic (exact) mass is 285 g/mol. The molecule has 0 radical (unpaired) electrons. The summed E-state index contributed by atoms with van der Waals surface area (Å²) in [7, 11) is 0. The van der Waals surface area contributed by atoms with Crippen LogP contribution in [0.15, 0.2) is 48.5 Å². The highest BCUT2D eigenvalue weighted by Crippen LogP contribution is 2.14. The van der Waals surface area contributed by atoms with E-state index in [4.69, 9.17) is 9.84 Å². The summed E-state index contributed by atoms with van der Waals surface area (Å²) in [6.07, 6.45) is 0.301. The van der Waals surface area contributed by atoms with Crippen LogP contribution in [-0.2, 0) is 17.8 Å². The number of aliphatic hydroxyl groups is 1. The molecule has 0 unspecified atom stereocenters. The molecule has 4 heteroatoms. The topological polar surface area (TPSA) is 58.6 Å². The summed E-state index contributed by atoms with van der Waals surface area (Å²) < 4.78 is 5.36. The van der Waals surface area contributed by atoms with Crippen LogP contribution in [0.5, 0.6) is 5.75 Å². The van der Waals surface area contributed by atoms with Crippen molar-refractivity contribution in [3.05, 3.63) is 59.7 Å². The second-order valence-corrected chi connectivity index (χ2v) is 4.66. The summed E-state index contributed by atoms with van der Waals surface area (Å²) >= 11 is 0. The van der Waals surface area contributed by atoms with Gasteiger partial charge in [-0.25, -0.2) is 0 Å². The van der Waals surface area contributed by atoms with Gasteiger partial charge in [0.1, 0.15) is 5.75 Å². The number of hydrogen-bond acceptors (Lipinski definition) is 3. The van der Waals surface area contributed by atoms with E-state index in [1.165, 1.54) is 0 Å². The van der Waals surface area contributed by atoms with Crippen LogP contribution in [0.3, 0.4) is 0 Å². The summed E-state index contributed by atoms with van der Waals surface area (Å²) in [6, 6.07) is 14.7. The van der Waals surface area contributed by atoms with Crippen LogP contribution in [0.1, 0.15) is 18.1 Å². The van der Waals surface area contributed by atoms with E-state index < -0.39 is 0 Å². The van der Waals surface area contributed by atoms with E-state index in [0.29, 0.717) is 18.7 Å². The van der Waals surface area contributed by atoms with Gasteiger partial charge >= 0.3 is 0 Å². The molecule has 2 rings (SSSR count). The van der Waals surface area contributed by atoms with Crippen molar-refractivity contribution in [1.29, 1.82) is 0 Å². The maximum atomic E-state index is 12.0. The third kappa shape index (κ3) is 4.61. The van der Waals surface area contributed by atoms with Gasteiger partial charge in [0.2, 0.25) is 5.91 Å². The molecule has 2 aromatic carbocycles. The van der Waals surface area contributed by atoms with Gasteiger partial charge in [0.15, 0.2) is 0 Å². The van der Waals surface area contributed by atoms with E-state index >= 15 is 0 Å². The second kappa shape index (κ2) is 7.45. The van der Waals surface area contributed by atoms with Gasteiger partial charge in [-0.3, -0.25) is 4.79 Å². The Morgan fingerprint density at radius 1 is 1.14 bits per heavy atom. The van der Waals surface area contributed by atoms with Gasteiger partial charge in [0, 0.05) is 5.69 Å². The lowest BCUT2D eigenvalue weighted by atomic mass is 10.1. The van der Waals surface area contributed by atoms with Gasteiger partial charge in [-0.05, 0) is 42.3 Å². The van der Waals surface area contributed by atoms with Gasteiger partial charge < -0.3 is 15.2 Å². The molecule has 0 spiro atoms. The van der Waals surface area contributed by atoms with Crippen LogP contribution in [0.2, 0.25) is 0 Å². The van der Waals surface area contributed by atoms with Crippen molar-refractivity contribution >= 4 is 11.6 Å². The molecule has 2 N–H and O–H groups in total. The predicted octanol–water partition coefficient (Wildman–Crippen LogP) is 2.76. The number of benzene rings is 2. The number of nitrogens with one attached hydrogen (secondary N) is 1. The zero-order valence-corrected chi connectivity index (χ0v) is 12.0. The fraction of sp³-hybridized carbons (Fsp3) is 0.235. The van der Waals surface area contributed by atoms with E-state index in [1.807, 2.05) is 37.3 Å². The number of hydrogen-bond donors (Lipinski definition) is 2. The Morgan fingerprint density at radius 2 is 1.90 bits per heavy atom. The quantitative estimate of drug-likeness (QED) is 0.858. The molecular weight excluding hydrogens is 266 g/mol. The first-order valence-corrected chi connectivity index (χ1v) is 6.92. The molecule has 1 amide bonds. The molecule has 0 heterocycles. The van der Waals surface area contributed by atoms with E-state index in [9.17, 15) is 4.79 Å². The van der Waals surface area contributed by atoms with Gasteiger partial charge in [-0.1, -0.05) is 24.3 Å². The summed E-state index contributed by atoms with van der Waals surface area (Å²) in [6.45, 7) is 2.52. The molecule has 2 aromatic rings. The van der Waals surface area contributed by atoms with Crippen molar-refractivity contribution in [2.45, 2.75) is 20.0 Å². The van der Waals surface area contributed by atoms with Crippen molar-refractivity contribution < 1.29 is 14.6 Å². The van der Waals surface area contributed by atoms with Gasteiger partial charge in [0.25, 0.3) is 0 Å². The fourth-order valence-electron chi connectivity index (χ4n) is 2.01. The van der Waals surface area contributed by atoms with E-state index in [1.54, 1.807) is 18.2 Å². The molecule has 0 aliphatic rings. The summed E-state index contributed by atoms with van der Waals surface area (Å²) in [5, 5.41) is 11.9. The largest absolute Gasteiger partial charge is 0.494 e. The minimum absolute atomic E-state index is 0.0391. The number of anilines is 1. The highest BCUT2D eigenvalue weighted by molar-refractivity contribution is 5.92.